The Bertz CT molecular complexity index is 574. The van der Waals surface area contributed by atoms with E-state index in [0.717, 1.165) is 49.5 Å². The molecule has 1 aliphatic carbocycles. The van der Waals surface area contributed by atoms with Gasteiger partial charge in [-0.25, -0.2) is 4.98 Å². The van der Waals surface area contributed by atoms with E-state index in [-0.39, 0.29) is 0 Å². The normalized spacial score (nSPS) is 21.3. The molecule has 3 rings (SSSR count). The molecule has 0 bridgehead atoms. The van der Waals surface area contributed by atoms with Crippen LogP contribution >= 0.6 is 11.8 Å². The Hall–Kier alpha value is -1.21. The van der Waals surface area contributed by atoms with Crippen LogP contribution in [0.2, 0.25) is 0 Å². The Morgan fingerprint density at radius 3 is 2.90 bits per heavy atom. The molecule has 0 spiro atoms. The molecule has 0 amide bonds. The molecular formula is C17H23N3S. The van der Waals surface area contributed by atoms with E-state index in [1.807, 2.05) is 11.8 Å². The summed E-state index contributed by atoms with van der Waals surface area (Å²) in [6, 6.07) is 4.47. The van der Waals surface area contributed by atoms with Gasteiger partial charge in [-0.1, -0.05) is 13.8 Å². The minimum atomic E-state index is 0.329. The third-order valence-electron chi connectivity index (χ3n) is 4.54. The summed E-state index contributed by atoms with van der Waals surface area (Å²) in [5, 5.41) is 9.50. The van der Waals surface area contributed by atoms with Gasteiger partial charge >= 0.3 is 0 Å². The standard InChI is InChI=1S/C17H23N3S/c1-17(2)7-8-20(9-10-21-17)16-14(12-18)11-13-5-3-4-6-15(13)19-16/h11H,3-10H2,1-2H3. The molecule has 4 heteroatoms. The van der Waals surface area contributed by atoms with Crippen molar-refractivity contribution in [2.24, 2.45) is 0 Å². The second-order valence-corrected chi connectivity index (χ2v) is 8.43. The lowest BCUT2D eigenvalue weighted by molar-refractivity contribution is 0.629. The molecule has 2 heterocycles. The summed E-state index contributed by atoms with van der Waals surface area (Å²) in [7, 11) is 0. The lowest BCUT2D eigenvalue weighted by atomic mass is 9.95. The summed E-state index contributed by atoms with van der Waals surface area (Å²) < 4.78 is 0.329. The first kappa shape index (κ1) is 14.7. The van der Waals surface area contributed by atoms with Crippen LogP contribution in [0.4, 0.5) is 5.82 Å². The molecule has 0 unspecified atom stereocenters. The lowest BCUT2D eigenvalue weighted by Crippen LogP contribution is -2.29. The van der Waals surface area contributed by atoms with Crippen molar-refractivity contribution in [1.82, 2.24) is 4.98 Å². The number of anilines is 1. The number of nitrogens with zero attached hydrogens (tertiary/aromatic N) is 3. The number of fused-ring (bicyclic) bond motifs is 1. The van der Waals surface area contributed by atoms with Crippen molar-refractivity contribution in [3.8, 4) is 6.07 Å². The van der Waals surface area contributed by atoms with Crippen LogP contribution in [0, 0.1) is 11.3 Å². The Morgan fingerprint density at radius 1 is 1.29 bits per heavy atom. The molecule has 1 aromatic heterocycles. The highest BCUT2D eigenvalue weighted by molar-refractivity contribution is 8.00. The van der Waals surface area contributed by atoms with Crippen molar-refractivity contribution < 1.29 is 0 Å². The molecule has 112 valence electrons. The second-order valence-electron chi connectivity index (χ2n) is 6.63. The first-order valence-corrected chi connectivity index (χ1v) is 8.89. The van der Waals surface area contributed by atoms with Crippen LogP contribution in [0.1, 0.15) is 49.9 Å². The minimum absolute atomic E-state index is 0.329. The van der Waals surface area contributed by atoms with Gasteiger partial charge in [-0.15, -0.1) is 0 Å². The summed E-state index contributed by atoms with van der Waals surface area (Å²) in [5.41, 5.74) is 3.29. The van der Waals surface area contributed by atoms with Crippen molar-refractivity contribution >= 4 is 17.6 Å². The first-order chi connectivity index (χ1) is 10.1. The first-order valence-electron chi connectivity index (χ1n) is 7.91. The van der Waals surface area contributed by atoms with Crippen LogP contribution in [0.15, 0.2) is 6.07 Å². The molecule has 1 aromatic rings. The second kappa shape index (κ2) is 5.88. The number of aromatic nitrogens is 1. The number of aryl methyl sites for hydroxylation is 2. The van der Waals surface area contributed by atoms with E-state index in [4.69, 9.17) is 4.98 Å². The van der Waals surface area contributed by atoms with Crippen LogP contribution in [-0.2, 0) is 12.8 Å². The SMILES string of the molecule is CC1(C)CCN(c2nc3c(cc2C#N)CCCC3)CCS1. The summed E-state index contributed by atoms with van der Waals surface area (Å²) in [5.74, 6) is 2.04. The van der Waals surface area contributed by atoms with Gasteiger partial charge in [0.25, 0.3) is 0 Å². The number of rotatable bonds is 1. The van der Waals surface area contributed by atoms with Crippen molar-refractivity contribution in [2.45, 2.75) is 50.7 Å². The average molecular weight is 301 g/mol. The average Bonchev–Trinajstić information content (AvgIpc) is 2.66. The topological polar surface area (TPSA) is 39.9 Å². The van der Waals surface area contributed by atoms with Gasteiger partial charge in [0.15, 0.2) is 0 Å². The molecule has 1 fully saturated rings. The summed E-state index contributed by atoms with van der Waals surface area (Å²) in [4.78, 5) is 7.22. The number of nitriles is 1. The van der Waals surface area contributed by atoms with E-state index in [0.29, 0.717) is 4.75 Å². The highest BCUT2D eigenvalue weighted by Crippen LogP contribution is 2.33. The van der Waals surface area contributed by atoms with Crippen LogP contribution in [0.3, 0.4) is 0 Å². The van der Waals surface area contributed by atoms with Gasteiger partial charge in [0.05, 0.1) is 5.56 Å². The Morgan fingerprint density at radius 2 is 2.10 bits per heavy atom. The maximum atomic E-state index is 9.50. The third kappa shape index (κ3) is 3.18. The molecule has 1 saturated heterocycles. The molecule has 0 saturated carbocycles. The smallest absolute Gasteiger partial charge is 0.146 e. The van der Waals surface area contributed by atoms with Gasteiger partial charge in [-0.3, -0.25) is 0 Å². The monoisotopic (exact) mass is 301 g/mol. The Kier molecular flexibility index (Phi) is 4.12. The van der Waals surface area contributed by atoms with E-state index in [1.165, 1.54) is 24.1 Å². The molecule has 0 atom stereocenters. The summed E-state index contributed by atoms with van der Waals surface area (Å²) in [6.07, 6.45) is 5.76. The van der Waals surface area contributed by atoms with E-state index in [1.54, 1.807) is 0 Å². The Balaban J connectivity index is 1.92. The van der Waals surface area contributed by atoms with Crippen molar-refractivity contribution in [1.29, 1.82) is 5.26 Å². The maximum Gasteiger partial charge on any atom is 0.146 e. The number of pyridine rings is 1. The van der Waals surface area contributed by atoms with Crippen LogP contribution in [-0.4, -0.2) is 28.6 Å². The van der Waals surface area contributed by atoms with Gasteiger partial charge < -0.3 is 4.90 Å². The fourth-order valence-electron chi connectivity index (χ4n) is 3.18. The predicted molar refractivity (Wildman–Crippen MR) is 89.0 cm³/mol. The van der Waals surface area contributed by atoms with Crippen LogP contribution in [0.25, 0.3) is 0 Å². The molecule has 3 nitrogen and oxygen atoms in total. The van der Waals surface area contributed by atoms with Crippen LogP contribution in [0.5, 0.6) is 0 Å². The fraction of sp³-hybridized carbons (Fsp3) is 0.647. The van der Waals surface area contributed by atoms with Gasteiger partial charge in [0.2, 0.25) is 0 Å². The van der Waals surface area contributed by atoms with E-state index < -0.39 is 0 Å². The van der Waals surface area contributed by atoms with E-state index in [9.17, 15) is 5.26 Å². The maximum absolute atomic E-state index is 9.50. The predicted octanol–water partition coefficient (Wildman–Crippen LogP) is 3.55. The van der Waals surface area contributed by atoms with Crippen molar-refractivity contribution in [2.75, 3.05) is 23.7 Å². The molecule has 0 aromatic carbocycles. The molecule has 21 heavy (non-hydrogen) atoms. The Labute approximate surface area is 131 Å². The van der Waals surface area contributed by atoms with Gasteiger partial charge in [0, 0.05) is 29.3 Å². The largest absolute Gasteiger partial charge is 0.355 e. The van der Waals surface area contributed by atoms with Gasteiger partial charge in [-0.2, -0.15) is 17.0 Å². The van der Waals surface area contributed by atoms with Crippen molar-refractivity contribution in [3.63, 3.8) is 0 Å². The number of thioether (sulfide) groups is 1. The molecule has 2 aliphatic rings. The lowest BCUT2D eigenvalue weighted by Gasteiger charge is -2.26. The fourth-order valence-corrected chi connectivity index (χ4v) is 4.28. The molecular weight excluding hydrogens is 278 g/mol. The third-order valence-corrected chi connectivity index (χ3v) is 5.91. The molecule has 1 aliphatic heterocycles. The molecule has 0 radical (unpaired) electrons. The number of hydrogen-bond acceptors (Lipinski definition) is 4. The number of hydrogen-bond donors (Lipinski definition) is 0. The molecule has 0 N–H and O–H groups in total. The zero-order chi connectivity index (χ0) is 14.9. The highest BCUT2D eigenvalue weighted by Gasteiger charge is 2.26. The summed E-state index contributed by atoms with van der Waals surface area (Å²) in [6.45, 7) is 6.62. The van der Waals surface area contributed by atoms with Crippen molar-refractivity contribution in [3.05, 3.63) is 22.9 Å². The zero-order valence-corrected chi connectivity index (χ0v) is 13.8. The minimum Gasteiger partial charge on any atom is -0.355 e. The highest BCUT2D eigenvalue weighted by atomic mass is 32.2. The zero-order valence-electron chi connectivity index (χ0n) is 13.0. The summed E-state index contributed by atoms with van der Waals surface area (Å²) >= 11 is 2.03. The van der Waals surface area contributed by atoms with E-state index in [2.05, 4.69) is 30.9 Å². The van der Waals surface area contributed by atoms with Crippen LogP contribution < -0.4 is 4.90 Å². The quantitative estimate of drug-likeness (QED) is 0.795. The van der Waals surface area contributed by atoms with Gasteiger partial charge in [0.1, 0.15) is 11.9 Å². The van der Waals surface area contributed by atoms with E-state index >= 15 is 0 Å². The van der Waals surface area contributed by atoms with Gasteiger partial charge in [-0.05, 0) is 43.7 Å².